The fraction of sp³-hybridized carbons (Fsp3) is 0.714. The summed E-state index contributed by atoms with van der Waals surface area (Å²) in [4.78, 5) is 19.9. The van der Waals surface area contributed by atoms with E-state index in [9.17, 15) is 4.79 Å². The van der Waals surface area contributed by atoms with Gasteiger partial charge in [-0.25, -0.2) is 0 Å². The highest BCUT2D eigenvalue weighted by atomic mass is 35.5. The number of rotatable bonds is 6. The maximum absolute atomic E-state index is 13.3. The van der Waals surface area contributed by atoms with E-state index in [2.05, 4.69) is 22.1 Å². The number of halogens is 1. The van der Waals surface area contributed by atoms with Crippen LogP contribution in [0.4, 0.5) is 0 Å². The van der Waals surface area contributed by atoms with E-state index in [1.165, 1.54) is 25.7 Å². The molecule has 1 saturated heterocycles. The third-order valence-electron chi connectivity index (χ3n) is 5.91. The average molecular weight is 380 g/mol. The lowest BCUT2D eigenvalue weighted by molar-refractivity contribution is -0.139. The third kappa shape index (κ3) is 5.95. The van der Waals surface area contributed by atoms with Gasteiger partial charge in [0.15, 0.2) is 0 Å². The normalized spacial score (nSPS) is 22.3. The zero-order valence-electron chi connectivity index (χ0n) is 16.0. The first-order valence-corrected chi connectivity index (χ1v) is 10.1. The van der Waals surface area contributed by atoms with E-state index < -0.39 is 0 Å². The standard InChI is InChI=1S/C21H33N3O.ClH/c1-17(15-18-7-2-3-8-18)21(25)24(16-19-9-4-5-13-23-19)20-10-6-12-22-14-11-20;/h4-5,9,13,17-18,20,22H,2-3,6-8,10-12,14-16H2,1H3;1H. The van der Waals surface area contributed by atoms with Crippen LogP contribution in [0, 0.1) is 11.8 Å². The molecule has 2 heterocycles. The molecule has 26 heavy (non-hydrogen) atoms. The molecule has 1 saturated carbocycles. The van der Waals surface area contributed by atoms with Crippen molar-refractivity contribution in [2.75, 3.05) is 13.1 Å². The summed E-state index contributed by atoms with van der Waals surface area (Å²) in [6.07, 6.45) is 11.5. The maximum Gasteiger partial charge on any atom is 0.226 e. The first-order chi connectivity index (χ1) is 12.2. The van der Waals surface area contributed by atoms with Crippen LogP contribution < -0.4 is 5.32 Å². The Balaban J connectivity index is 0.00000243. The van der Waals surface area contributed by atoms with Crippen LogP contribution >= 0.6 is 12.4 Å². The van der Waals surface area contributed by atoms with Crippen molar-refractivity contribution in [3.05, 3.63) is 30.1 Å². The molecule has 2 unspecified atom stereocenters. The van der Waals surface area contributed by atoms with Crippen LogP contribution in [-0.2, 0) is 11.3 Å². The third-order valence-corrected chi connectivity index (χ3v) is 5.91. The zero-order chi connectivity index (χ0) is 17.5. The van der Waals surface area contributed by atoms with Crippen molar-refractivity contribution in [2.24, 2.45) is 11.8 Å². The number of carbonyl (C=O) groups is 1. The van der Waals surface area contributed by atoms with E-state index in [1.807, 2.05) is 24.4 Å². The molecule has 0 bridgehead atoms. The molecular weight excluding hydrogens is 346 g/mol. The smallest absolute Gasteiger partial charge is 0.226 e. The molecule has 4 nitrogen and oxygen atoms in total. The average Bonchev–Trinajstić information content (AvgIpc) is 3.00. The van der Waals surface area contributed by atoms with Crippen molar-refractivity contribution < 1.29 is 4.79 Å². The molecule has 5 heteroatoms. The molecule has 1 aromatic rings. The highest BCUT2D eigenvalue weighted by molar-refractivity contribution is 5.85. The lowest BCUT2D eigenvalue weighted by Gasteiger charge is -2.33. The minimum atomic E-state index is 0. The fourth-order valence-corrected chi connectivity index (χ4v) is 4.50. The van der Waals surface area contributed by atoms with Gasteiger partial charge in [0.2, 0.25) is 5.91 Å². The highest BCUT2D eigenvalue weighted by Gasteiger charge is 2.30. The van der Waals surface area contributed by atoms with Gasteiger partial charge in [0.05, 0.1) is 12.2 Å². The number of nitrogens with zero attached hydrogens (tertiary/aromatic N) is 2. The lowest BCUT2D eigenvalue weighted by Crippen LogP contribution is -2.43. The molecule has 1 aliphatic carbocycles. The predicted molar refractivity (Wildman–Crippen MR) is 108 cm³/mol. The van der Waals surface area contributed by atoms with E-state index in [-0.39, 0.29) is 18.3 Å². The molecule has 146 valence electrons. The summed E-state index contributed by atoms with van der Waals surface area (Å²) in [6, 6.07) is 6.34. The minimum absolute atomic E-state index is 0. The molecule has 2 fully saturated rings. The van der Waals surface area contributed by atoms with Gasteiger partial charge in [-0.3, -0.25) is 9.78 Å². The quantitative estimate of drug-likeness (QED) is 0.805. The van der Waals surface area contributed by atoms with Gasteiger partial charge in [0.1, 0.15) is 0 Å². The second-order valence-corrected chi connectivity index (χ2v) is 7.91. The Kier molecular flexibility index (Phi) is 8.86. The molecule has 2 aliphatic rings. The predicted octanol–water partition coefficient (Wildman–Crippen LogP) is 4.19. The first-order valence-electron chi connectivity index (χ1n) is 10.1. The summed E-state index contributed by atoms with van der Waals surface area (Å²) in [5.41, 5.74) is 1.00. The highest BCUT2D eigenvalue weighted by Crippen LogP contribution is 2.31. The van der Waals surface area contributed by atoms with Crippen LogP contribution in [0.15, 0.2) is 24.4 Å². The first kappa shape index (κ1) is 21.2. The Bertz CT molecular complexity index is 525. The summed E-state index contributed by atoms with van der Waals surface area (Å²) in [7, 11) is 0. The van der Waals surface area contributed by atoms with Crippen molar-refractivity contribution in [2.45, 2.75) is 70.9 Å². The van der Waals surface area contributed by atoms with Crippen LogP contribution in [-0.4, -0.2) is 34.9 Å². The largest absolute Gasteiger partial charge is 0.334 e. The molecule has 3 rings (SSSR count). The molecule has 1 N–H and O–H groups in total. The minimum Gasteiger partial charge on any atom is -0.334 e. The second-order valence-electron chi connectivity index (χ2n) is 7.91. The van der Waals surface area contributed by atoms with E-state index >= 15 is 0 Å². The molecule has 1 aromatic heterocycles. The molecule has 0 radical (unpaired) electrons. The number of aromatic nitrogens is 1. The Labute approximate surface area is 164 Å². The molecule has 1 amide bonds. The summed E-state index contributed by atoms with van der Waals surface area (Å²) in [6.45, 7) is 4.87. The Morgan fingerprint density at radius 2 is 2.00 bits per heavy atom. The van der Waals surface area contributed by atoms with Crippen LogP contribution in [0.1, 0.15) is 64.0 Å². The van der Waals surface area contributed by atoms with Crippen molar-refractivity contribution in [3.63, 3.8) is 0 Å². The van der Waals surface area contributed by atoms with Gasteiger partial charge in [0.25, 0.3) is 0 Å². The van der Waals surface area contributed by atoms with Gasteiger partial charge >= 0.3 is 0 Å². The summed E-state index contributed by atoms with van der Waals surface area (Å²) in [5, 5.41) is 3.47. The van der Waals surface area contributed by atoms with Crippen LogP contribution in [0.2, 0.25) is 0 Å². The monoisotopic (exact) mass is 379 g/mol. The van der Waals surface area contributed by atoms with Crippen molar-refractivity contribution in [1.29, 1.82) is 0 Å². The van der Waals surface area contributed by atoms with E-state index in [4.69, 9.17) is 0 Å². The van der Waals surface area contributed by atoms with Gasteiger partial charge in [-0.1, -0.05) is 38.7 Å². The fourth-order valence-electron chi connectivity index (χ4n) is 4.50. The van der Waals surface area contributed by atoms with Crippen molar-refractivity contribution in [1.82, 2.24) is 15.2 Å². The number of amides is 1. The Morgan fingerprint density at radius 3 is 2.73 bits per heavy atom. The lowest BCUT2D eigenvalue weighted by atomic mass is 9.92. The summed E-state index contributed by atoms with van der Waals surface area (Å²) in [5.74, 6) is 1.22. The number of hydrogen-bond acceptors (Lipinski definition) is 3. The molecule has 0 aromatic carbocycles. The summed E-state index contributed by atoms with van der Waals surface area (Å²) >= 11 is 0. The van der Waals surface area contributed by atoms with Crippen molar-refractivity contribution >= 4 is 18.3 Å². The molecule has 1 aliphatic heterocycles. The van der Waals surface area contributed by atoms with Crippen LogP contribution in [0.5, 0.6) is 0 Å². The van der Waals surface area contributed by atoms with E-state index in [0.717, 1.165) is 50.4 Å². The SMILES string of the molecule is CC(CC1CCCC1)C(=O)N(Cc1ccccn1)C1CCCNCC1.Cl. The Morgan fingerprint density at radius 1 is 1.19 bits per heavy atom. The van der Waals surface area contributed by atoms with Gasteiger partial charge in [-0.15, -0.1) is 12.4 Å². The van der Waals surface area contributed by atoms with Crippen LogP contribution in [0.3, 0.4) is 0 Å². The summed E-state index contributed by atoms with van der Waals surface area (Å²) < 4.78 is 0. The molecule has 2 atom stereocenters. The molecular formula is C21H34ClN3O. The number of hydrogen-bond donors (Lipinski definition) is 1. The zero-order valence-corrected chi connectivity index (χ0v) is 16.8. The van der Waals surface area contributed by atoms with E-state index in [0.29, 0.717) is 18.5 Å². The molecule has 0 spiro atoms. The van der Waals surface area contributed by atoms with Crippen molar-refractivity contribution in [3.8, 4) is 0 Å². The Hall–Kier alpha value is -1.13. The number of nitrogens with one attached hydrogen (secondary N) is 1. The number of carbonyl (C=O) groups excluding carboxylic acids is 1. The van der Waals surface area contributed by atoms with Crippen LogP contribution in [0.25, 0.3) is 0 Å². The van der Waals surface area contributed by atoms with Gasteiger partial charge in [0, 0.05) is 18.2 Å². The number of pyridine rings is 1. The van der Waals surface area contributed by atoms with Gasteiger partial charge in [-0.2, -0.15) is 0 Å². The van der Waals surface area contributed by atoms with E-state index in [1.54, 1.807) is 0 Å². The van der Waals surface area contributed by atoms with Gasteiger partial charge in [-0.05, 0) is 56.8 Å². The maximum atomic E-state index is 13.3. The second kappa shape index (κ2) is 10.9. The van der Waals surface area contributed by atoms with Gasteiger partial charge < -0.3 is 10.2 Å². The topological polar surface area (TPSA) is 45.2 Å².